The number of aromatic carboxylic acids is 1. The molecule has 3 aliphatic rings. The normalized spacial score (nSPS) is 16.1. The fourth-order valence-corrected chi connectivity index (χ4v) is 6.51. The lowest BCUT2D eigenvalue weighted by Gasteiger charge is -2.44. The average Bonchev–Trinajstić information content (AvgIpc) is 3.88. The molecule has 0 atom stereocenters. The maximum absolute atomic E-state index is 13.9. The van der Waals surface area contributed by atoms with Gasteiger partial charge in [0.2, 0.25) is 0 Å². The molecule has 2 fully saturated rings. The van der Waals surface area contributed by atoms with E-state index in [1.54, 1.807) is 41.4 Å². The van der Waals surface area contributed by atoms with Gasteiger partial charge in [-0.15, -0.1) is 0 Å². The summed E-state index contributed by atoms with van der Waals surface area (Å²) in [5.74, 6) is -2.35. The van der Waals surface area contributed by atoms with E-state index in [4.69, 9.17) is 24.1 Å². The van der Waals surface area contributed by atoms with Crippen LogP contribution in [0.15, 0.2) is 61.2 Å². The van der Waals surface area contributed by atoms with Crippen molar-refractivity contribution >= 4 is 23.6 Å². The Morgan fingerprint density at radius 3 is 2.13 bits per heavy atom. The molecule has 4 aromatic rings. The maximum atomic E-state index is 13.9. The van der Waals surface area contributed by atoms with Crippen LogP contribution in [0.3, 0.4) is 0 Å². The van der Waals surface area contributed by atoms with E-state index in [2.05, 4.69) is 10.1 Å². The molecule has 7 rings (SSSR count). The number of rotatable bonds is 9. The average molecular weight is 751 g/mol. The molecule has 1 aliphatic carbocycles. The van der Waals surface area contributed by atoms with Crippen molar-refractivity contribution in [3.05, 3.63) is 77.9 Å². The second-order valence-corrected chi connectivity index (χ2v) is 13.1. The number of piperidine rings is 1. The van der Waals surface area contributed by atoms with Crippen LogP contribution >= 0.6 is 0 Å². The molecular weight excluding hydrogens is 713 g/mol. The number of alkyl halides is 3. The van der Waals surface area contributed by atoms with Crippen molar-refractivity contribution < 1.29 is 56.8 Å². The van der Waals surface area contributed by atoms with Gasteiger partial charge in [-0.1, -0.05) is 6.07 Å². The quantitative estimate of drug-likeness (QED) is 0.186. The van der Waals surface area contributed by atoms with E-state index in [1.165, 1.54) is 12.3 Å². The number of benzene rings is 2. The molecule has 2 aromatic carbocycles. The lowest BCUT2D eigenvalue weighted by Crippen LogP contribution is -2.52. The first kappa shape index (κ1) is 37.8. The molecule has 13 nitrogen and oxygen atoms in total. The van der Waals surface area contributed by atoms with E-state index >= 15 is 0 Å². The zero-order chi connectivity index (χ0) is 38.8. The third-order valence-corrected chi connectivity index (χ3v) is 9.34. The second-order valence-electron chi connectivity index (χ2n) is 13.1. The summed E-state index contributed by atoms with van der Waals surface area (Å²) in [7, 11) is 0. The molecule has 16 heteroatoms. The predicted molar refractivity (Wildman–Crippen MR) is 186 cm³/mol. The lowest BCUT2D eigenvalue weighted by molar-refractivity contribution is -0.192. The molecule has 0 unspecified atom stereocenters. The molecule has 54 heavy (non-hydrogen) atoms. The fraction of sp³-hybridized carbons (Fsp3) is 0.368. The van der Waals surface area contributed by atoms with Crippen molar-refractivity contribution in [1.82, 2.24) is 19.7 Å². The smallest absolute Gasteiger partial charge is 0.490 e. The number of likely N-dealkylation sites (tertiary alicyclic amines) is 1. The van der Waals surface area contributed by atoms with Crippen LogP contribution in [-0.4, -0.2) is 91.6 Å². The molecule has 1 saturated carbocycles. The van der Waals surface area contributed by atoms with E-state index in [0.717, 1.165) is 24.0 Å². The van der Waals surface area contributed by atoms with Gasteiger partial charge in [-0.25, -0.2) is 9.59 Å². The fourth-order valence-electron chi connectivity index (χ4n) is 6.51. The molecule has 4 heterocycles. The first-order valence-corrected chi connectivity index (χ1v) is 17.3. The SMILES string of the molecule is CCOc1cc(C(=O)N2CCC3(CC2)CC(=O)c2cc(-c4cncc(C(=O)O)c4)ccc2O3)cc(OCC)c1-c1cnn(C2CC2)c1.O=C(O)C(F)(F)F. The van der Waals surface area contributed by atoms with Gasteiger partial charge in [-0.05, 0) is 62.6 Å². The van der Waals surface area contributed by atoms with E-state index in [1.807, 2.05) is 30.9 Å². The Morgan fingerprint density at radius 2 is 1.56 bits per heavy atom. The van der Waals surface area contributed by atoms with Crippen molar-refractivity contribution in [2.75, 3.05) is 26.3 Å². The molecule has 2 aromatic heterocycles. The molecule has 1 saturated heterocycles. The minimum atomic E-state index is -5.08. The summed E-state index contributed by atoms with van der Waals surface area (Å²) >= 11 is 0. The Bertz CT molecular complexity index is 2060. The highest BCUT2D eigenvalue weighted by Gasteiger charge is 2.44. The second kappa shape index (κ2) is 15.2. The maximum Gasteiger partial charge on any atom is 0.490 e. The molecule has 284 valence electrons. The first-order chi connectivity index (χ1) is 25.7. The van der Waals surface area contributed by atoms with Crippen LogP contribution in [0.5, 0.6) is 17.2 Å². The number of Topliss-reactive ketones (excluding diaryl/α,β-unsaturated/α-hetero) is 1. The number of carbonyl (C=O) groups excluding carboxylic acids is 2. The molecule has 2 N–H and O–H groups in total. The van der Waals surface area contributed by atoms with Gasteiger partial charge in [0.15, 0.2) is 5.78 Å². The number of ether oxygens (including phenoxy) is 3. The number of carboxylic acids is 2. The Morgan fingerprint density at radius 1 is 0.907 bits per heavy atom. The minimum absolute atomic E-state index is 0.0430. The molecule has 0 bridgehead atoms. The zero-order valence-electron chi connectivity index (χ0n) is 29.4. The number of carboxylic acid groups (broad SMARTS) is 2. The van der Waals surface area contributed by atoms with Crippen molar-refractivity contribution in [2.24, 2.45) is 0 Å². The van der Waals surface area contributed by atoms with E-state index in [-0.39, 0.29) is 23.7 Å². The number of aromatic nitrogens is 3. The van der Waals surface area contributed by atoms with Gasteiger partial charge in [-0.3, -0.25) is 19.3 Å². The number of hydrogen-bond donors (Lipinski definition) is 2. The summed E-state index contributed by atoms with van der Waals surface area (Å²) in [5.41, 5.74) is 3.28. The number of ketones is 1. The Kier molecular flexibility index (Phi) is 10.6. The van der Waals surface area contributed by atoms with Crippen molar-refractivity contribution in [1.29, 1.82) is 0 Å². The van der Waals surface area contributed by atoms with Crippen molar-refractivity contribution in [3.8, 4) is 39.5 Å². The van der Waals surface area contributed by atoms with Crippen LogP contribution in [0.25, 0.3) is 22.3 Å². The highest BCUT2D eigenvalue weighted by molar-refractivity contribution is 6.02. The van der Waals surface area contributed by atoms with Gasteiger partial charge in [0.05, 0.1) is 48.6 Å². The van der Waals surface area contributed by atoms with Crippen LogP contribution in [0.2, 0.25) is 0 Å². The Balaban J connectivity index is 0.000000649. The third kappa shape index (κ3) is 8.16. The monoisotopic (exact) mass is 750 g/mol. The van der Waals surface area contributed by atoms with E-state index < -0.39 is 23.7 Å². The Labute approximate surface area is 307 Å². The first-order valence-electron chi connectivity index (χ1n) is 17.3. The number of pyridine rings is 1. The summed E-state index contributed by atoms with van der Waals surface area (Å²) in [4.78, 5) is 53.5. The van der Waals surface area contributed by atoms with Gasteiger partial charge in [0.25, 0.3) is 5.91 Å². The highest BCUT2D eigenvalue weighted by Crippen LogP contribution is 2.44. The summed E-state index contributed by atoms with van der Waals surface area (Å²) < 4.78 is 52.3. The molecule has 0 radical (unpaired) electrons. The number of fused-ring (bicyclic) bond motifs is 1. The van der Waals surface area contributed by atoms with Gasteiger partial charge in [0.1, 0.15) is 22.8 Å². The van der Waals surface area contributed by atoms with Crippen molar-refractivity contribution in [3.63, 3.8) is 0 Å². The zero-order valence-corrected chi connectivity index (χ0v) is 29.4. The summed E-state index contributed by atoms with van der Waals surface area (Å²) in [5, 5.41) is 21.0. The molecule has 1 amide bonds. The number of carbonyl (C=O) groups is 4. The van der Waals surface area contributed by atoms with Crippen LogP contribution in [0, 0.1) is 0 Å². The Hall–Kier alpha value is -5.93. The summed E-state index contributed by atoms with van der Waals surface area (Å²) in [6.07, 6.45) is 5.07. The number of amides is 1. The standard InChI is InChI=1S/C36H36N4O7.C2HF3O2/c1-3-45-31-15-23(16-32(46-4-2)33(31)26-20-38-40(21-26)27-6-7-27)34(42)39-11-9-36(10-12-39)17-29(41)28-14-22(5-8-30(28)47-36)24-13-25(35(43)44)19-37-18-24;3-2(4,5)1(6)7/h5,8,13-16,18-21,27H,3-4,6-7,9-12,17H2,1-2H3,(H,43,44);(H,6,7). The van der Waals surface area contributed by atoms with E-state index in [9.17, 15) is 32.7 Å². The topological polar surface area (TPSA) is 170 Å². The predicted octanol–water partition coefficient (Wildman–Crippen LogP) is 6.72. The molecule has 2 aliphatic heterocycles. The number of nitrogens with zero attached hydrogens (tertiary/aromatic N) is 4. The summed E-state index contributed by atoms with van der Waals surface area (Å²) in [6, 6.07) is 10.8. The van der Waals surface area contributed by atoms with Crippen molar-refractivity contribution in [2.45, 2.75) is 63.8 Å². The van der Waals surface area contributed by atoms with Crippen LogP contribution in [-0.2, 0) is 4.79 Å². The largest absolute Gasteiger partial charge is 0.493 e. The van der Waals surface area contributed by atoms with Gasteiger partial charge in [-0.2, -0.15) is 18.3 Å². The number of aliphatic carboxylic acids is 1. The molecular formula is C38H37F3N4O9. The van der Waals surface area contributed by atoms with Gasteiger partial charge < -0.3 is 29.3 Å². The lowest BCUT2D eigenvalue weighted by atomic mass is 9.82. The minimum Gasteiger partial charge on any atom is -0.493 e. The highest BCUT2D eigenvalue weighted by atomic mass is 19.4. The van der Waals surface area contributed by atoms with Gasteiger partial charge in [0, 0.05) is 61.2 Å². The van der Waals surface area contributed by atoms with Crippen LogP contribution in [0.1, 0.15) is 83.1 Å². The third-order valence-electron chi connectivity index (χ3n) is 9.34. The van der Waals surface area contributed by atoms with E-state index in [0.29, 0.717) is 84.7 Å². The van der Waals surface area contributed by atoms with Crippen LogP contribution < -0.4 is 14.2 Å². The summed E-state index contributed by atoms with van der Waals surface area (Å²) in [6.45, 7) is 5.54. The molecule has 1 spiro atoms. The van der Waals surface area contributed by atoms with Gasteiger partial charge >= 0.3 is 18.1 Å². The van der Waals surface area contributed by atoms with Crippen LogP contribution in [0.4, 0.5) is 13.2 Å². The number of halogens is 3. The number of hydrogen-bond acceptors (Lipinski definition) is 9.